The van der Waals surface area contributed by atoms with E-state index in [0.717, 1.165) is 17.0 Å². The summed E-state index contributed by atoms with van der Waals surface area (Å²) in [4.78, 5) is 25.7. The van der Waals surface area contributed by atoms with Crippen LogP contribution in [0.3, 0.4) is 0 Å². The molecular weight excluding hydrogens is 301 g/mol. The Morgan fingerprint density at radius 1 is 1.23 bits per heavy atom. The second-order valence-corrected chi connectivity index (χ2v) is 6.92. The van der Waals surface area contributed by atoms with Crippen molar-refractivity contribution in [3.8, 4) is 0 Å². The third-order valence-corrected chi connectivity index (χ3v) is 4.27. The van der Waals surface area contributed by atoms with Crippen molar-refractivity contribution in [2.75, 3.05) is 6.16 Å². The fourth-order valence-electron chi connectivity index (χ4n) is 2.32. The maximum Gasteiger partial charge on any atom is 0.325 e. The van der Waals surface area contributed by atoms with Crippen LogP contribution in [0.5, 0.6) is 0 Å². The van der Waals surface area contributed by atoms with E-state index in [2.05, 4.69) is 9.78 Å². The first-order valence-corrected chi connectivity index (χ1v) is 8.87. The molecule has 22 heavy (non-hydrogen) atoms. The molecule has 7 heteroatoms. The van der Waals surface area contributed by atoms with Gasteiger partial charge < -0.3 is 15.3 Å². The molecule has 0 radical (unpaired) electrons. The highest BCUT2D eigenvalue weighted by Gasteiger charge is 2.21. The second-order valence-electron chi connectivity index (χ2n) is 5.15. The molecule has 1 aromatic carbocycles. The van der Waals surface area contributed by atoms with E-state index in [4.69, 9.17) is 15.3 Å². The lowest BCUT2D eigenvalue weighted by Gasteiger charge is -2.14. The van der Waals surface area contributed by atoms with Gasteiger partial charge in [-0.15, -0.1) is 0 Å². The van der Waals surface area contributed by atoms with Crippen LogP contribution in [0, 0.1) is 0 Å². The van der Waals surface area contributed by atoms with Gasteiger partial charge in [-0.25, -0.2) is 0 Å². The molecule has 0 fully saturated rings. The Morgan fingerprint density at radius 2 is 1.95 bits per heavy atom. The summed E-state index contributed by atoms with van der Waals surface area (Å²) in [6.45, 7) is 0. The maximum atomic E-state index is 10.9. The summed E-state index contributed by atoms with van der Waals surface area (Å²) >= 11 is 0. The molecule has 0 saturated heterocycles. The molecule has 0 saturated carbocycles. The fraction of sp³-hybridized carbons (Fsp3) is 0.333. The lowest BCUT2D eigenvalue weighted by Crippen LogP contribution is -2.15. The van der Waals surface area contributed by atoms with Crippen molar-refractivity contribution in [1.29, 1.82) is 0 Å². The van der Waals surface area contributed by atoms with Gasteiger partial charge in [0.2, 0.25) is 0 Å². The third kappa shape index (κ3) is 5.17. The average molecular weight is 319 g/mol. The molecule has 0 unspecified atom stereocenters. The molecule has 0 heterocycles. The van der Waals surface area contributed by atoms with E-state index in [1.54, 1.807) is 6.08 Å². The molecule has 1 aromatic rings. The zero-order valence-corrected chi connectivity index (χ0v) is 13.0. The molecule has 0 amide bonds. The van der Waals surface area contributed by atoms with Crippen LogP contribution in [0.2, 0.25) is 0 Å². The van der Waals surface area contributed by atoms with Crippen molar-refractivity contribution in [1.82, 2.24) is 0 Å². The minimum atomic E-state index is -3.99. The van der Waals surface area contributed by atoms with Gasteiger partial charge in [-0.2, -0.15) is 4.79 Å². The Hall–Kier alpha value is -1.84. The van der Waals surface area contributed by atoms with Crippen molar-refractivity contribution < 1.29 is 19.1 Å². The average Bonchev–Trinajstić information content (AvgIpc) is 2.48. The molecule has 0 spiro atoms. The first kappa shape index (κ1) is 16.5. The summed E-state index contributed by atoms with van der Waals surface area (Å²) in [5.74, 6) is 0. The Labute approximate surface area is 129 Å². The zero-order chi connectivity index (χ0) is 16.0. The normalized spacial score (nSPS) is 17.3. The standard InChI is InChI=1S/C15H18N3O3P/c16-18-14-8-9-15(17-13-6-2-1-3-7-13)12(11-14)5-4-10-22(19,20)21/h1-3,6-7,11H,4-5,8-10H2,(H2,19,20,21). The van der Waals surface area contributed by atoms with Crippen LogP contribution in [0.25, 0.3) is 5.53 Å². The summed E-state index contributed by atoms with van der Waals surface area (Å²) in [5, 5.41) is 0. The minimum Gasteiger partial charge on any atom is -0.361 e. The highest BCUT2D eigenvalue weighted by Crippen LogP contribution is 2.36. The molecule has 0 aliphatic heterocycles. The van der Waals surface area contributed by atoms with Crippen LogP contribution in [0.15, 0.2) is 47.0 Å². The van der Waals surface area contributed by atoms with E-state index in [1.807, 2.05) is 30.3 Å². The quantitative estimate of drug-likeness (QED) is 0.494. The predicted molar refractivity (Wildman–Crippen MR) is 85.6 cm³/mol. The third-order valence-electron chi connectivity index (χ3n) is 3.37. The molecule has 6 nitrogen and oxygen atoms in total. The van der Waals surface area contributed by atoms with Crippen LogP contribution in [-0.4, -0.2) is 32.2 Å². The number of hydrogen-bond acceptors (Lipinski definition) is 2. The van der Waals surface area contributed by atoms with Gasteiger partial charge in [-0.1, -0.05) is 18.2 Å². The molecule has 0 atom stereocenters. The molecule has 2 N–H and O–H groups in total. The van der Waals surface area contributed by atoms with E-state index in [-0.39, 0.29) is 6.16 Å². The van der Waals surface area contributed by atoms with Gasteiger partial charge in [0.25, 0.3) is 5.71 Å². The fourth-order valence-corrected chi connectivity index (χ4v) is 2.89. The van der Waals surface area contributed by atoms with Gasteiger partial charge in [-0.3, -0.25) is 9.56 Å². The predicted octanol–water partition coefficient (Wildman–Crippen LogP) is 3.11. The first-order chi connectivity index (χ1) is 10.5. The molecular formula is C15H18N3O3P. The Kier molecular flexibility index (Phi) is 5.58. The molecule has 0 aromatic heterocycles. The van der Waals surface area contributed by atoms with E-state index < -0.39 is 7.60 Å². The number of para-hydroxylation sites is 1. The smallest absolute Gasteiger partial charge is 0.325 e. The molecule has 0 bridgehead atoms. The zero-order valence-electron chi connectivity index (χ0n) is 12.1. The van der Waals surface area contributed by atoms with Gasteiger partial charge in [-0.05, 0) is 30.5 Å². The van der Waals surface area contributed by atoms with E-state index in [1.165, 1.54) is 0 Å². The van der Waals surface area contributed by atoms with Gasteiger partial charge in [0.1, 0.15) is 0 Å². The van der Waals surface area contributed by atoms with E-state index >= 15 is 0 Å². The highest BCUT2D eigenvalue weighted by atomic mass is 31.2. The van der Waals surface area contributed by atoms with Crippen LogP contribution in [0.1, 0.15) is 25.7 Å². The number of allylic oxidation sites excluding steroid dienone is 2. The monoisotopic (exact) mass is 319 g/mol. The van der Waals surface area contributed by atoms with Gasteiger partial charge in [0, 0.05) is 18.2 Å². The largest absolute Gasteiger partial charge is 0.361 e. The van der Waals surface area contributed by atoms with Gasteiger partial charge >= 0.3 is 7.60 Å². The first-order valence-electron chi connectivity index (χ1n) is 7.07. The van der Waals surface area contributed by atoms with E-state index in [0.29, 0.717) is 31.4 Å². The lowest BCUT2D eigenvalue weighted by molar-refractivity contribution is -0.00630. The van der Waals surface area contributed by atoms with Crippen LogP contribution in [-0.2, 0) is 4.57 Å². The minimum absolute atomic E-state index is 0.158. The maximum absolute atomic E-state index is 10.9. The highest BCUT2D eigenvalue weighted by molar-refractivity contribution is 7.51. The summed E-state index contributed by atoms with van der Waals surface area (Å²) in [7, 11) is -3.99. The topological polar surface area (TPSA) is 106 Å². The number of hydrogen-bond donors (Lipinski definition) is 2. The summed E-state index contributed by atoms with van der Waals surface area (Å²) in [5.41, 5.74) is 12.1. The number of rotatable bonds is 5. The van der Waals surface area contributed by atoms with Crippen molar-refractivity contribution >= 4 is 24.7 Å². The van der Waals surface area contributed by atoms with Crippen molar-refractivity contribution in [2.24, 2.45) is 4.99 Å². The second kappa shape index (κ2) is 7.43. The SMILES string of the molecule is [N-]=[N+]=C1C=C(CCCP(=O)(O)O)C(=Nc2ccccc2)CC1. The van der Waals surface area contributed by atoms with Crippen LogP contribution < -0.4 is 0 Å². The molecule has 2 rings (SSSR count). The van der Waals surface area contributed by atoms with Gasteiger partial charge in [0.05, 0.1) is 18.3 Å². The number of benzene rings is 1. The summed E-state index contributed by atoms with van der Waals surface area (Å²) in [6, 6.07) is 9.52. The molecule has 116 valence electrons. The summed E-state index contributed by atoms with van der Waals surface area (Å²) in [6.07, 6.45) is 3.71. The van der Waals surface area contributed by atoms with Crippen LogP contribution in [0.4, 0.5) is 5.69 Å². The van der Waals surface area contributed by atoms with Gasteiger partial charge in [0.15, 0.2) is 0 Å². The summed E-state index contributed by atoms with van der Waals surface area (Å²) < 4.78 is 10.9. The van der Waals surface area contributed by atoms with Crippen molar-refractivity contribution in [2.45, 2.75) is 25.7 Å². The number of aliphatic imine (C=N–C) groups is 1. The number of nitrogens with zero attached hydrogens (tertiary/aromatic N) is 3. The lowest BCUT2D eigenvalue weighted by atomic mass is 9.92. The Bertz CT molecular complexity index is 685. The van der Waals surface area contributed by atoms with Crippen molar-refractivity contribution in [3.05, 3.63) is 47.5 Å². The Morgan fingerprint density at radius 3 is 2.59 bits per heavy atom. The van der Waals surface area contributed by atoms with Crippen molar-refractivity contribution in [3.63, 3.8) is 0 Å². The molecule has 1 aliphatic rings. The molecule has 1 aliphatic carbocycles. The Balaban J connectivity index is 2.19. The van der Waals surface area contributed by atoms with E-state index in [9.17, 15) is 4.57 Å². The van der Waals surface area contributed by atoms with Crippen LogP contribution >= 0.6 is 7.60 Å².